The minimum absolute atomic E-state index is 0.143. The molecule has 0 aliphatic heterocycles. The van der Waals surface area contributed by atoms with Crippen molar-refractivity contribution in [3.63, 3.8) is 0 Å². The molecule has 0 atom stereocenters. The highest BCUT2D eigenvalue weighted by Gasteiger charge is 2.12. The Morgan fingerprint density at radius 2 is 1.39 bits per heavy atom. The van der Waals surface area contributed by atoms with Crippen molar-refractivity contribution in [3.8, 4) is 28.5 Å². The Kier molecular flexibility index (Phi) is 3.82. The third-order valence-corrected chi connectivity index (χ3v) is 3.87. The third-order valence-electron chi connectivity index (χ3n) is 3.87. The molecule has 3 heteroatoms. The van der Waals surface area contributed by atoms with Crippen LogP contribution in [0.5, 0.6) is 0 Å². The first-order chi connectivity index (χ1) is 11.1. The van der Waals surface area contributed by atoms with Gasteiger partial charge < -0.3 is 4.98 Å². The maximum Gasteiger partial charge on any atom is 0.266 e. The van der Waals surface area contributed by atoms with E-state index in [4.69, 9.17) is 0 Å². The van der Waals surface area contributed by atoms with Crippen LogP contribution >= 0.6 is 0 Å². The summed E-state index contributed by atoms with van der Waals surface area (Å²) in [6.45, 7) is 4.02. The standard InChI is InChI=1S/C20H16N2O/c1-13-3-7-15(8-4-13)17-11-19(22-20(23)18(17)12-21)16-9-5-14(2)6-10-16/h3-11H,1-2H3,(H,22,23). The largest absolute Gasteiger partial charge is 0.321 e. The van der Waals surface area contributed by atoms with Gasteiger partial charge in [-0.2, -0.15) is 5.26 Å². The van der Waals surface area contributed by atoms with Crippen LogP contribution < -0.4 is 5.56 Å². The van der Waals surface area contributed by atoms with E-state index in [0.29, 0.717) is 11.3 Å². The number of hydrogen-bond acceptors (Lipinski definition) is 2. The second-order valence-electron chi connectivity index (χ2n) is 5.64. The van der Waals surface area contributed by atoms with Gasteiger partial charge in [-0.05, 0) is 31.0 Å². The predicted octanol–water partition coefficient (Wildman–Crippen LogP) is 4.20. The Hall–Kier alpha value is -3.12. The van der Waals surface area contributed by atoms with E-state index in [1.54, 1.807) is 0 Å². The summed E-state index contributed by atoms with van der Waals surface area (Å²) in [6, 6.07) is 19.6. The van der Waals surface area contributed by atoms with Gasteiger partial charge in [0.05, 0.1) is 0 Å². The average molecular weight is 300 g/mol. The SMILES string of the molecule is Cc1ccc(-c2cc(-c3ccc(C)cc3)c(C#N)c(=O)[nH]2)cc1. The van der Waals surface area contributed by atoms with Gasteiger partial charge in [-0.1, -0.05) is 59.7 Å². The number of aryl methyl sites for hydroxylation is 2. The third kappa shape index (κ3) is 2.93. The van der Waals surface area contributed by atoms with E-state index in [1.807, 2.05) is 74.5 Å². The average Bonchev–Trinajstić information content (AvgIpc) is 2.55. The van der Waals surface area contributed by atoms with Gasteiger partial charge in [-0.25, -0.2) is 0 Å². The Morgan fingerprint density at radius 1 is 0.870 bits per heavy atom. The molecule has 112 valence electrons. The highest BCUT2D eigenvalue weighted by molar-refractivity contribution is 5.75. The van der Waals surface area contributed by atoms with E-state index in [-0.39, 0.29) is 11.1 Å². The summed E-state index contributed by atoms with van der Waals surface area (Å²) in [5.41, 5.74) is 5.23. The van der Waals surface area contributed by atoms with Gasteiger partial charge in [0.2, 0.25) is 0 Å². The summed E-state index contributed by atoms with van der Waals surface area (Å²) in [7, 11) is 0. The summed E-state index contributed by atoms with van der Waals surface area (Å²) in [5.74, 6) is 0. The molecule has 1 heterocycles. The van der Waals surface area contributed by atoms with E-state index in [1.165, 1.54) is 0 Å². The normalized spacial score (nSPS) is 10.3. The van der Waals surface area contributed by atoms with Crippen molar-refractivity contribution in [3.05, 3.63) is 81.6 Å². The molecule has 0 radical (unpaired) electrons. The number of nitrogens with one attached hydrogen (secondary N) is 1. The molecule has 3 rings (SSSR count). The van der Waals surface area contributed by atoms with Crippen LogP contribution in [0, 0.1) is 25.2 Å². The molecule has 0 unspecified atom stereocenters. The lowest BCUT2D eigenvalue weighted by molar-refractivity contribution is 1.22. The smallest absolute Gasteiger partial charge is 0.266 e. The van der Waals surface area contributed by atoms with Crippen LogP contribution in [0.25, 0.3) is 22.4 Å². The van der Waals surface area contributed by atoms with Crippen LogP contribution in [-0.2, 0) is 0 Å². The molecule has 0 fully saturated rings. The number of rotatable bonds is 2. The monoisotopic (exact) mass is 300 g/mol. The highest BCUT2D eigenvalue weighted by Crippen LogP contribution is 2.26. The molecule has 1 aromatic heterocycles. The Bertz CT molecular complexity index is 943. The van der Waals surface area contributed by atoms with E-state index in [0.717, 1.165) is 22.3 Å². The lowest BCUT2D eigenvalue weighted by atomic mass is 9.98. The molecule has 0 bridgehead atoms. The first kappa shape index (κ1) is 14.8. The van der Waals surface area contributed by atoms with Crippen molar-refractivity contribution < 1.29 is 0 Å². The number of hydrogen-bond donors (Lipinski definition) is 1. The maximum absolute atomic E-state index is 12.3. The van der Waals surface area contributed by atoms with Gasteiger partial charge in [0, 0.05) is 11.3 Å². The highest BCUT2D eigenvalue weighted by atomic mass is 16.1. The van der Waals surface area contributed by atoms with Gasteiger partial charge >= 0.3 is 0 Å². The van der Waals surface area contributed by atoms with Crippen molar-refractivity contribution >= 4 is 0 Å². The predicted molar refractivity (Wildman–Crippen MR) is 92.1 cm³/mol. The van der Waals surface area contributed by atoms with Crippen molar-refractivity contribution in [1.82, 2.24) is 4.98 Å². The molecule has 0 spiro atoms. The zero-order valence-electron chi connectivity index (χ0n) is 13.1. The lowest BCUT2D eigenvalue weighted by Crippen LogP contribution is -2.12. The van der Waals surface area contributed by atoms with E-state index < -0.39 is 0 Å². The van der Waals surface area contributed by atoms with Crippen LogP contribution in [0.1, 0.15) is 16.7 Å². The maximum atomic E-state index is 12.3. The Labute approximate surface area is 134 Å². The van der Waals surface area contributed by atoms with Crippen LogP contribution in [0.15, 0.2) is 59.4 Å². The molecular weight excluding hydrogens is 284 g/mol. The lowest BCUT2D eigenvalue weighted by Gasteiger charge is -2.09. The van der Waals surface area contributed by atoms with Crippen LogP contribution in [0.2, 0.25) is 0 Å². The van der Waals surface area contributed by atoms with Gasteiger partial charge in [0.15, 0.2) is 0 Å². The van der Waals surface area contributed by atoms with Crippen LogP contribution in [-0.4, -0.2) is 4.98 Å². The molecule has 0 saturated heterocycles. The molecule has 1 N–H and O–H groups in total. The summed E-state index contributed by atoms with van der Waals surface area (Å²) < 4.78 is 0. The second-order valence-corrected chi connectivity index (χ2v) is 5.64. The molecule has 0 saturated carbocycles. The molecule has 3 aromatic rings. The van der Waals surface area contributed by atoms with Crippen LogP contribution in [0.4, 0.5) is 0 Å². The first-order valence-corrected chi connectivity index (χ1v) is 7.40. The second kappa shape index (κ2) is 5.94. The minimum atomic E-state index is -0.360. The number of nitriles is 1. The molecular formula is C20H16N2O. The van der Waals surface area contributed by atoms with Crippen molar-refractivity contribution in [2.75, 3.05) is 0 Å². The fraction of sp³-hybridized carbons (Fsp3) is 0.100. The Morgan fingerprint density at radius 3 is 1.91 bits per heavy atom. The molecule has 23 heavy (non-hydrogen) atoms. The number of aromatic nitrogens is 1. The van der Waals surface area contributed by atoms with Gasteiger partial charge in [-0.3, -0.25) is 4.79 Å². The number of benzene rings is 2. The van der Waals surface area contributed by atoms with Gasteiger partial charge in [-0.15, -0.1) is 0 Å². The summed E-state index contributed by atoms with van der Waals surface area (Å²) in [4.78, 5) is 15.1. The molecule has 2 aromatic carbocycles. The Balaban J connectivity index is 2.22. The van der Waals surface area contributed by atoms with Gasteiger partial charge in [0.1, 0.15) is 11.6 Å². The zero-order valence-corrected chi connectivity index (χ0v) is 13.1. The number of pyridine rings is 1. The van der Waals surface area contributed by atoms with Crippen molar-refractivity contribution in [2.45, 2.75) is 13.8 Å². The number of H-pyrrole nitrogens is 1. The summed E-state index contributed by atoms with van der Waals surface area (Å²) in [6.07, 6.45) is 0. The van der Waals surface area contributed by atoms with Gasteiger partial charge in [0.25, 0.3) is 5.56 Å². The van der Waals surface area contributed by atoms with E-state index in [2.05, 4.69) is 4.98 Å². The van der Waals surface area contributed by atoms with E-state index >= 15 is 0 Å². The summed E-state index contributed by atoms with van der Waals surface area (Å²) in [5, 5.41) is 9.34. The fourth-order valence-corrected chi connectivity index (χ4v) is 2.52. The molecule has 3 nitrogen and oxygen atoms in total. The molecule has 0 aliphatic carbocycles. The number of aromatic amines is 1. The first-order valence-electron chi connectivity index (χ1n) is 7.40. The van der Waals surface area contributed by atoms with Crippen molar-refractivity contribution in [2.24, 2.45) is 0 Å². The summed E-state index contributed by atoms with van der Waals surface area (Å²) >= 11 is 0. The quantitative estimate of drug-likeness (QED) is 0.771. The number of nitrogens with zero attached hydrogens (tertiary/aromatic N) is 1. The zero-order chi connectivity index (χ0) is 16.4. The topological polar surface area (TPSA) is 56.6 Å². The molecule has 0 aliphatic rings. The van der Waals surface area contributed by atoms with Crippen LogP contribution in [0.3, 0.4) is 0 Å². The molecule has 0 amide bonds. The minimum Gasteiger partial charge on any atom is -0.321 e. The van der Waals surface area contributed by atoms with E-state index in [9.17, 15) is 10.1 Å². The fourth-order valence-electron chi connectivity index (χ4n) is 2.52. The van der Waals surface area contributed by atoms with Crippen molar-refractivity contribution in [1.29, 1.82) is 5.26 Å².